The Hall–Kier alpha value is -3.85. The fraction of sp³-hybridized carbons (Fsp3) is 0.0385. The minimum Gasteiger partial charge on any atom is -0.455 e. The van der Waals surface area contributed by atoms with Crippen LogP contribution in [0.2, 0.25) is 0 Å². The molecule has 2 heterocycles. The van der Waals surface area contributed by atoms with Crippen molar-refractivity contribution in [1.29, 1.82) is 0 Å². The molecule has 2 aromatic heterocycles. The molecule has 0 bridgehead atoms. The maximum absolute atomic E-state index is 6.24. The quantitative estimate of drug-likeness (QED) is 0.317. The largest absolute Gasteiger partial charge is 0.455 e. The molecule has 0 aliphatic carbocycles. The van der Waals surface area contributed by atoms with E-state index in [4.69, 9.17) is 13.8 Å². The van der Waals surface area contributed by atoms with Crippen LogP contribution in [0.3, 0.4) is 0 Å². The molecular weight excluding hydrogens is 358 g/mol. The van der Waals surface area contributed by atoms with Crippen LogP contribution in [0.15, 0.2) is 93.8 Å². The maximum Gasteiger partial charge on any atom is 0.227 e. The summed E-state index contributed by atoms with van der Waals surface area (Å²) in [6.07, 6.45) is 0. The number of rotatable bonds is 2. The van der Waals surface area contributed by atoms with Gasteiger partial charge in [-0.3, -0.25) is 0 Å². The Morgan fingerprint density at radius 1 is 0.586 bits per heavy atom. The molecule has 138 valence electrons. The third kappa shape index (κ3) is 2.41. The topological polar surface area (TPSA) is 39.2 Å². The molecule has 0 unspecified atom stereocenters. The lowest BCUT2D eigenvalue weighted by Gasteiger charge is -2.03. The minimum atomic E-state index is 0.641. The first-order valence-electron chi connectivity index (χ1n) is 9.66. The predicted octanol–water partition coefficient (Wildman–Crippen LogP) is 7.37. The van der Waals surface area contributed by atoms with E-state index >= 15 is 0 Å². The summed E-state index contributed by atoms with van der Waals surface area (Å²) in [5, 5.41) is 2.23. The van der Waals surface area contributed by atoms with Gasteiger partial charge in [0.05, 0.1) is 0 Å². The van der Waals surface area contributed by atoms with Crippen molar-refractivity contribution >= 4 is 33.0 Å². The second-order valence-electron chi connectivity index (χ2n) is 7.27. The van der Waals surface area contributed by atoms with Crippen LogP contribution in [-0.4, -0.2) is 4.98 Å². The van der Waals surface area contributed by atoms with E-state index in [1.54, 1.807) is 0 Å². The van der Waals surface area contributed by atoms with Gasteiger partial charge < -0.3 is 8.83 Å². The molecule has 3 heteroatoms. The first-order chi connectivity index (χ1) is 14.3. The van der Waals surface area contributed by atoms with Gasteiger partial charge in [0, 0.05) is 27.5 Å². The van der Waals surface area contributed by atoms with Crippen LogP contribution in [0, 0.1) is 6.92 Å². The smallest absolute Gasteiger partial charge is 0.227 e. The molecule has 29 heavy (non-hydrogen) atoms. The van der Waals surface area contributed by atoms with Crippen molar-refractivity contribution < 1.29 is 8.83 Å². The summed E-state index contributed by atoms with van der Waals surface area (Å²) in [4.78, 5) is 4.87. The van der Waals surface area contributed by atoms with Crippen molar-refractivity contribution in [2.24, 2.45) is 0 Å². The van der Waals surface area contributed by atoms with Gasteiger partial charge in [-0.1, -0.05) is 66.7 Å². The third-order valence-corrected chi connectivity index (χ3v) is 5.49. The Bertz CT molecular complexity index is 1520. The molecule has 0 saturated heterocycles. The van der Waals surface area contributed by atoms with Crippen LogP contribution in [0.4, 0.5) is 0 Å². The molecule has 0 spiro atoms. The number of benzene rings is 4. The highest BCUT2D eigenvalue weighted by Crippen LogP contribution is 2.39. The summed E-state index contributed by atoms with van der Waals surface area (Å²) in [5.41, 5.74) is 7.57. The van der Waals surface area contributed by atoms with Crippen LogP contribution in [0.25, 0.3) is 55.6 Å². The number of nitrogens with zero attached hydrogens (tertiary/aromatic N) is 1. The van der Waals surface area contributed by atoms with E-state index < -0.39 is 0 Å². The summed E-state index contributed by atoms with van der Waals surface area (Å²) < 4.78 is 12.4. The first kappa shape index (κ1) is 16.1. The maximum atomic E-state index is 6.24. The van der Waals surface area contributed by atoms with Gasteiger partial charge in [-0.15, -0.1) is 0 Å². The van der Waals surface area contributed by atoms with E-state index in [-0.39, 0.29) is 0 Å². The number of hydrogen-bond donors (Lipinski definition) is 0. The number of oxazole rings is 1. The fourth-order valence-corrected chi connectivity index (χ4v) is 4.05. The number of aryl methyl sites for hydroxylation is 1. The first-order valence-corrected chi connectivity index (χ1v) is 9.66. The molecular formula is C26H17NO2. The van der Waals surface area contributed by atoms with E-state index in [1.807, 2.05) is 48.5 Å². The predicted molar refractivity (Wildman–Crippen MR) is 117 cm³/mol. The SMILES string of the molecule is Cc1ccccc1-c1nc2c(-c3cccc4c3oc3ccccc34)cccc2o1. The summed E-state index contributed by atoms with van der Waals surface area (Å²) in [6, 6.07) is 28.6. The van der Waals surface area contributed by atoms with Gasteiger partial charge in [-0.05, 0) is 30.7 Å². The molecule has 0 saturated carbocycles. The Morgan fingerprint density at radius 3 is 2.21 bits per heavy atom. The number of para-hydroxylation sites is 3. The van der Waals surface area contributed by atoms with Crippen LogP contribution in [-0.2, 0) is 0 Å². The molecule has 0 aliphatic rings. The lowest BCUT2D eigenvalue weighted by molar-refractivity contribution is 0.619. The van der Waals surface area contributed by atoms with Gasteiger partial charge in [0.25, 0.3) is 0 Å². The van der Waals surface area contributed by atoms with E-state index in [0.29, 0.717) is 5.89 Å². The average Bonchev–Trinajstić information content (AvgIpc) is 3.35. The molecule has 4 aromatic carbocycles. The minimum absolute atomic E-state index is 0.641. The highest BCUT2D eigenvalue weighted by atomic mass is 16.3. The fourth-order valence-electron chi connectivity index (χ4n) is 4.05. The zero-order valence-corrected chi connectivity index (χ0v) is 15.8. The standard InChI is InChI=1S/C26H17NO2/c1-16-8-2-3-9-17(16)26-27-24-19(11-7-15-23(24)29-26)21-13-6-12-20-18-10-4-5-14-22(18)28-25(20)21/h2-15H,1H3. The Morgan fingerprint density at radius 2 is 1.28 bits per heavy atom. The highest BCUT2D eigenvalue weighted by Gasteiger charge is 2.17. The molecule has 0 amide bonds. The second-order valence-corrected chi connectivity index (χ2v) is 7.27. The highest BCUT2D eigenvalue weighted by molar-refractivity contribution is 6.11. The molecule has 0 atom stereocenters. The van der Waals surface area contributed by atoms with Gasteiger partial charge in [0.15, 0.2) is 5.58 Å². The summed E-state index contributed by atoms with van der Waals surface area (Å²) in [7, 11) is 0. The van der Waals surface area contributed by atoms with Crippen molar-refractivity contribution in [3.05, 3.63) is 90.5 Å². The van der Waals surface area contributed by atoms with Crippen molar-refractivity contribution in [3.8, 4) is 22.6 Å². The van der Waals surface area contributed by atoms with Crippen LogP contribution in [0.5, 0.6) is 0 Å². The third-order valence-electron chi connectivity index (χ3n) is 5.49. The molecule has 0 N–H and O–H groups in total. The lowest BCUT2D eigenvalue weighted by Crippen LogP contribution is -1.83. The number of fused-ring (bicyclic) bond motifs is 4. The van der Waals surface area contributed by atoms with Crippen molar-refractivity contribution in [2.45, 2.75) is 6.92 Å². The van der Waals surface area contributed by atoms with Crippen LogP contribution >= 0.6 is 0 Å². The zero-order chi connectivity index (χ0) is 19.4. The van der Waals surface area contributed by atoms with Crippen molar-refractivity contribution in [1.82, 2.24) is 4.98 Å². The van der Waals surface area contributed by atoms with Gasteiger partial charge in [0.2, 0.25) is 5.89 Å². The summed E-state index contributed by atoms with van der Waals surface area (Å²) in [6.45, 7) is 2.07. The molecule has 0 radical (unpaired) electrons. The van der Waals surface area contributed by atoms with Crippen LogP contribution < -0.4 is 0 Å². The summed E-state index contributed by atoms with van der Waals surface area (Å²) in [5.74, 6) is 0.641. The average molecular weight is 375 g/mol. The molecule has 6 rings (SSSR count). The normalized spacial score (nSPS) is 11.6. The Balaban J connectivity index is 1.63. The van der Waals surface area contributed by atoms with Crippen molar-refractivity contribution in [3.63, 3.8) is 0 Å². The van der Waals surface area contributed by atoms with E-state index in [1.165, 1.54) is 0 Å². The van der Waals surface area contributed by atoms with Gasteiger partial charge >= 0.3 is 0 Å². The number of furan rings is 1. The van der Waals surface area contributed by atoms with E-state index in [9.17, 15) is 0 Å². The lowest BCUT2D eigenvalue weighted by atomic mass is 10.0. The molecule has 0 aliphatic heterocycles. The monoisotopic (exact) mass is 375 g/mol. The zero-order valence-electron chi connectivity index (χ0n) is 15.8. The van der Waals surface area contributed by atoms with Gasteiger partial charge in [-0.2, -0.15) is 0 Å². The van der Waals surface area contributed by atoms with Gasteiger partial charge in [-0.25, -0.2) is 4.98 Å². The van der Waals surface area contributed by atoms with Crippen LogP contribution in [0.1, 0.15) is 5.56 Å². The summed E-state index contributed by atoms with van der Waals surface area (Å²) >= 11 is 0. The van der Waals surface area contributed by atoms with E-state index in [2.05, 4.69) is 43.3 Å². The Labute approximate surface area is 167 Å². The van der Waals surface area contributed by atoms with E-state index in [0.717, 1.165) is 55.3 Å². The Kier molecular flexibility index (Phi) is 3.38. The molecule has 3 nitrogen and oxygen atoms in total. The van der Waals surface area contributed by atoms with Crippen molar-refractivity contribution in [2.75, 3.05) is 0 Å². The molecule has 6 aromatic rings. The second kappa shape index (κ2) is 6.08. The number of hydrogen-bond acceptors (Lipinski definition) is 3. The number of aromatic nitrogens is 1. The molecule has 0 fully saturated rings. The van der Waals surface area contributed by atoms with Gasteiger partial charge in [0.1, 0.15) is 16.7 Å².